The smallest absolute Gasteiger partial charge is 0.280 e. The maximum atomic E-state index is 11.8. The van der Waals surface area contributed by atoms with Crippen LogP contribution >= 0.6 is 0 Å². The van der Waals surface area contributed by atoms with E-state index in [0.717, 1.165) is 5.01 Å². The standard InChI is InChI=1S/C12H10N2O2/c1-2-3-8-13-14-11(15)9-6-4-5-7-10(9)12(14)16/h2-8,13H,1H2/b8-3-. The molecule has 0 unspecified atom stereocenters. The number of rotatable bonds is 3. The molecule has 80 valence electrons. The Morgan fingerprint density at radius 3 is 2.19 bits per heavy atom. The first-order chi connectivity index (χ1) is 7.75. The van der Waals surface area contributed by atoms with Gasteiger partial charge in [-0.25, -0.2) is 0 Å². The van der Waals surface area contributed by atoms with Gasteiger partial charge in [0.05, 0.1) is 11.1 Å². The topological polar surface area (TPSA) is 49.4 Å². The maximum absolute atomic E-state index is 11.8. The number of hydrazine groups is 1. The zero-order valence-corrected chi connectivity index (χ0v) is 8.51. The summed E-state index contributed by atoms with van der Waals surface area (Å²) in [4.78, 5) is 23.6. The van der Waals surface area contributed by atoms with Gasteiger partial charge in [-0.15, -0.1) is 0 Å². The largest absolute Gasteiger partial charge is 0.296 e. The van der Waals surface area contributed by atoms with E-state index in [2.05, 4.69) is 12.0 Å². The van der Waals surface area contributed by atoms with Gasteiger partial charge in [-0.3, -0.25) is 15.0 Å². The van der Waals surface area contributed by atoms with Crippen molar-refractivity contribution in [2.45, 2.75) is 0 Å². The zero-order valence-electron chi connectivity index (χ0n) is 8.51. The van der Waals surface area contributed by atoms with Gasteiger partial charge in [0, 0.05) is 6.20 Å². The highest BCUT2D eigenvalue weighted by atomic mass is 16.2. The van der Waals surface area contributed by atoms with Crippen molar-refractivity contribution in [2.24, 2.45) is 0 Å². The van der Waals surface area contributed by atoms with Gasteiger partial charge in [0.25, 0.3) is 11.8 Å². The van der Waals surface area contributed by atoms with E-state index in [4.69, 9.17) is 0 Å². The van der Waals surface area contributed by atoms with Gasteiger partial charge in [0.2, 0.25) is 0 Å². The number of amides is 2. The van der Waals surface area contributed by atoms with Gasteiger partial charge in [0.15, 0.2) is 0 Å². The van der Waals surface area contributed by atoms with Crippen molar-refractivity contribution in [1.29, 1.82) is 0 Å². The lowest BCUT2D eigenvalue weighted by molar-refractivity contribution is 0.0599. The molecule has 0 saturated carbocycles. The number of hydrogen-bond donors (Lipinski definition) is 1. The van der Waals surface area contributed by atoms with Crippen LogP contribution < -0.4 is 5.43 Å². The van der Waals surface area contributed by atoms with E-state index in [1.165, 1.54) is 6.20 Å². The summed E-state index contributed by atoms with van der Waals surface area (Å²) in [7, 11) is 0. The first-order valence-corrected chi connectivity index (χ1v) is 4.77. The van der Waals surface area contributed by atoms with Crippen molar-refractivity contribution in [1.82, 2.24) is 10.4 Å². The minimum absolute atomic E-state index is 0.339. The second kappa shape index (κ2) is 4.02. The highest BCUT2D eigenvalue weighted by Crippen LogP contribution is 2.20. The Bertz CT molecular complexity index is 457. The summed E-state index contributed by atoms with van der Waals surface area (Å²) in [6.07, 6.45) is 4.63. The molecule has 4 heteroatoms. The van der Waals surface area contributed by atoms with E-state index in [1.807, 2.05) is 0 Å². The fourth-order valence-corrected chi connectivity index (χ4v) is 1.49. The molecule has 16 heavy (non-hydrogen) atoms. The number of allylic oxidation sites excluding steroid dienone is 2. The van der Waals surface area contributed by atoms with Crippen LogP contribution in [0.5, 0.6) is 0 Å². The summed E-state index contributed by atoms with van der Waals surface area (Å²) in [5.41, 5.74) is 3.46. The average molecular weight is 214 g/mol. The molecule has 1 aromatic rings. The van der Waals surface area contributed by atoms with Crippen LogP contribution in [0.4, 0.5) is 0 Å². The molecule has 1 N–H and O–H groups in total. The maximum Gasteiger partial charge on any atom is 0.280 e. The first-order valence-electron chi connectivity index (χ1n) is 4.77. The lowest BCUT2D eigenvalue weighted by atomic mass is 10.1. The van der Waals surface area contributed by atoms with Crippen LogP contribution in [-0.4, -0.2) is 16.8 Å². The van der Waals surface area contributed by atoms with Crippen molar-refractivity contribution in [3.63, 3.8) is 0 Å². The summed E-state index contributed by atoms with van der Waals surface area (Å²) in [6.45, 7) is 3.49. The van der Waals surface area contributed by atoms with E-state index < -0.39 is 0 Å². The second-order valence-electron chi connectivity index (χ2n) is 3.22. The van der Waals surface area contributed by atoms with E-state index in [1.54, 1.807) is 36.4 Å². The third-order valence-corrected chi connectivity index (χ3v) is 2.23. The molecule has 0 fully saturated rings. The molecule has 2 rings (SSSR count). The molecule has 4 nitrogen and oxygen atoms in total. The van der Waals surface area contributed by atoms with E-state index >= 15 is 0 Å². The monoisotopic (exact) mass is 214 g/mol. The highest BCUT2D eigenvalue weighted by Gasteiger charge is 2.34. The minimum Gasteiger partial charge on any atom is -0.296 e. The molecule has 0 atom stereocenters. The van der Waals surface area contributed by atoms with Crippen LogP contribution in [0.3, 0.4) is 0 Å². The molecule has 0 spiro atoms. The van der Waals surface area contributed by atoms with Gasteiger partial charge < -0.3 is 0 Å². The van der Waals surface area contributed by atoms with Crippen molar-refractivity contribution in [3.05, 3.63) is 60.3 Å². The van der Waals surface area contributed by atoms with Crippen LogP contribution in [-0.2, 0) is 0 Å². The number of nitrogens with zero attached hydrogens (tertiary/aromatic N) is 1. The van der Waals surface area contributed by atoms with Gasteiger partial charge >= 0.3 is 0 Å². The number of imide groups is 1. The molecular weight excluding hydrogens is 204 g/mol. The number of benzene rings is 1. The molecule has 2 amide bonds. The molecule has 0 saturated heterocycles. The van der Waals surface area contributed by atoms with Gasteiger partial charge in [-0.2, -0.15) is 5.01 Å². The Morgan fingerprint density at radius 1 is 1.12 bits per heavy atom. The second-order valence-corrected chi connectivity index (χ2v) is 3.22. The first kappa shape index (κ1) is 10.2. The Labute approximate surface area is 92.8 Å². The SMILES string of the molecule is C=C/C=C\NN1C(=O)c2ccccc2C1=O. The minimum atomic E-state index is -0.339. The molecule has 0 radical (unpaired) electrons. The molecule has 1 aliphatic rings. The van der Waals surface area contributed by atoms with Crippen molar-refractivity contribution in [3.8, 4) is 0 Å². The van der Waals surface area contributed by atoms with Crippen LogP contribution in [0.15, 0.2) is 49.2 Å². The van der Waals surface area contributed by atoms with E-state index in [9.17, 15) is 9.59 Å². The third kappa shape index (κ3) is 1.50. The summed E-state index contributed by atoms with van der Waals surface area (Å²) < 4.78 is 0. The predicted octanol–water partition coefficient (Wildman–Crippen LogP) is 1.49. The van der Waals surface area contributed by atoms with Gasteiger partial charge in [0.1, 0.15) is 0 Å². The number of carbonyl (C=O) groups is 2. The molecule has 0 aromatic heterocycles. The Morgan fingerprint density at radius 2 is 1.69 bits per heavy atom. The summed E-state index contributed by atoms with van der Waals surface area (Å²) in [6, 6.07) is 6.73. The number of hydrogen-bond acceptors (Lipinski definition) is 3. The summed E-state index contributed by atoms with van der Waals surface area (Å²) >= 11 is 0. The predicted molar refractivity (Wildman–Crippen MR) is 59.4 cm³/mol. The van der Waals surface area contributed by atoms with E-state index in [-0.39, 0.29) is 11.8 Å². The average Bonchev–Trinajstić information content (AvgIpc) is 2.55. The quantitative estimate of drug-likeness (QED) is 0.612. The van der Waals surface area contributed by atoms with Crippen LogP contribution in [0, 0.1) is 0 Å². The summed E-state index contributed by atoms with van der Waals surface area (Å²) in [5.74, 6) is -0.677. The van der Waals surface area contributed by atoms with Crippen molar-refractivity contribution in [2.75, 3.05) is 0 Å². The fraction of sp³-hybridized carbons (Fsp3) is 0. The van der Waals surface area contributed by atoms with Crippen molar-refractivity contribution >= 4 is 11.8 Å². The Kier molecular flexibility index (Phi) is 2.55. The normalized spacial score (nSPS) is 14.4. The van der Waals surface area contributed by atoms with Gasteiger partial charge in [-0.1, -0.05) is 24.8 Å². The zero-order chi connectivity index (χ0) is 11.5. The number of nitrogens with one attached hydrogen (secondary N) is 1. The molecule has 1 aliphatic heterocycles. The fourth-order valence-electron chi connectivity index (χ4n) is 1.49. The molecular formula is C12H10N2O2. The summed E-state index contributed by atoms with van der Waals surface area (Å²) in [5, 5.41) is 0.977. The lowest BCUT2D eigenvalue weighted by Gasteiger charge is -2.12. The number of fused-ring (bicyclic) bond motifs is 1. The third-order valence-electron chi connectivity index (χ3n) is 2.23. The van der Waals surface area contributed by atoms with Crippen molar-refractivity contribution < 1.29 is 9.59 Å². The molecule has 1 aromatic carbocycles. The van der Waals surface area contributed by atoms with Crippen LogP contribution in [0.2, 0.25) is 0 Å². The highest BCUT2D eigenvalue weighted by molar-refractivity contribution is 6.20. The van der Waals surface area contributed by atoms with Crippen LogP contribution in [0.1, 0.15) is 20.7 Å². The van der Waals surface area contributed by atoms with E-state index in [0.29, 0.717) is 11.1 Å². The van der Waals surface area contributed by atoms with Crippen LogP contribution in [0.25, 0.3) is 0 Å². The number of carbonyl (C=O) groups excluding carboxylic acids is 2. The van der Waals surface area contributed by atoms with Gasteiger partial charge in [-0.05, 0) is 18.2 Å². The molecule has 1 heterocycles. The Balaban J connectivity index is 2.28. The molecule has 0 aliphatic carbocycles. The molecule has 0 bridgehead atoms. The lowest BCUT2D eigenvalue weighted by Crippen LogP contribution is -2.39. The Hall–Kier alpha value is -2.36.